The molecule has 1 aliphatic heterocycles. The number of rotatable bonds is 8. The molecular formula is C23H30N6O4. The Balaban J connectivity index is 1.42. The highest BCUT2D eigenvalue weighted by Crippen LogP contribution is 2.50. The predicted molar refractivity (Wildman–Crippen MR) is 121 cm³/mol. The van der Waals surface area contributed by atoms with Crippen molar-refractivity contribution in [3.63, 3.8) is 0 Å². The largest absolute Gasteiger partial charge is 0.477 e. The van der Waals surface area contributed by atoms with Crippen molar-refractivity contribution in [2.75, 3.05) is 6.54 Å². The molecule has 5 atom stereocenters. The minimum atomic E-state index is -1.17. The smallest absolute Gasteiger partial charge is 0.346 e. The van der Waals surface area contributed by atoms with Crippen molar-refractivity contribution in [3.05, 3.63) is 29.6 Å². The van der Waals surface area contributed by atoms with Gasteiger partial charge in [-0.25, -0.2) is 4.79 Å². The summed E-state index contributed by atoms with van der Waals surface area (Å²) in [7, 11) is 0. The molecule has 0 radical (unpaired) electrons. The monoisotopic (exact) mass is 454 g/mol. The zero-order valence-electron chi connectivity index (χ0n) is 18.4. The number of carboxylic acids is 1. The second-order valence-electron chi connectivity index (χ2n) is 9.27. The number of amidine groups is 1. The molecule has 1 aromatic heterocycles. The minimum Gasteiger partial charge on any atom is -0.477 e. The van der Waals surface area contributed by atoms with Gasteiger partial charge in [0.1, 0.15) is 29.8 Å². The fourth-order valence-electron chi connectivity index (χ4n) is 5.65. The summed E-state index contributed by atoms with van der Waals surface area (Å²) in [5.41, 5.74) is 6.54. The summed E-state index contributed by atoms with van der Waals surface area (Å²) in [5, 5.41) is 19.4. The van der Waals surface area contributed by atoms with Gasteiger partial charge in [-0.1, -0.05) is 12.5 Å². The SMILES string of the molecule is N=C(N)c1ccc(CNC(=O)[C@@H]2CCCN2C(=O)C(N=CC(=O)O)C2CC3CCC2C3)cn1. The number of aliphatic carboxylic acids is 1. The molecule has 33 heavy (non-hydrogen) atoms. The van der Waals surface area contributed by atoms with Crippen LogP contribution in [0.3, 0.4) is 0 Å². The number of fused-ring (bicyclic) bond motifs is 2. The van der Waals surface area contributed by atoms with E-state index < -0.39 is 18.1 Å². The maximum absolute atomic E-state index is 13.5. The number of nitrogens with zero attached hydrogens (tertiary/aromatic N) is 3. The number of carbonyl (C=O) groups is 3. The predicted octanol–water partition coefficient (Wildman–Crippen LogP) is 0.933. The lowest BCUT2D eigenvalue weighted by atomic mass is 9.83. The highest BCUT2D eigenvalue weighted by molar-refractivity contribution is 6.22. The Labute approximate surface area is 192 Å². The molecule has 1 aromatic rings. The second kappa shape index (κ2) is 9.68. The van der Waals surface area contributed by atoms with Crippen LogP contribution < -0.4 is 11.1 Å². The first-order chi connectivity index (χ1) is 15.8. The van der Waals surface area contributed by atoms with Gasteiger partial charge in [0.2, 0.25) is 11.8 Å². The van der Waals surface area contributed by atoms with Crippen molar-refractivity contribution in [3.8, 4) is 0 Å². The van der Waals surface area contributed by atoms with E-state index in [0.717, 1.165) is 31.0 Å². The number of amides is 2. The quantitative estimate of drug-likeness (QED) is 0.337. The van der Waals surface area contributed by atoms with Gasteiger partial charge in [0, 0.05) is 19.3 Å². The maximum Gasteiger partial charge on any atom is 0.346 e. The average Bonchev–Trinajstić information content (AvgIpc) is 3.54. The van der Waals surface area contributed by atoms with Crippen LogP contribution in [0.25, 0.3) is 0 Å². The van der Waals surface area contributed by atoms with Crippen molar-refractivity contribution in [2.24, 2.45) is 28.5 Å². The highest BCUT2D eigenvalue weighted by Gasteiger charge is 2.47. The molecule has 3 fully saturated rings. The van der Waals surface area contributed by atoms with Crippen LogP contribution in [0.5, 0.6) is 0 Å². The van der Waals surface area contributed by atoms with Gasteiger partial charge in [-0.15, -0.1) is 0 Å². The number of hydrogen-bond donors (Lipinski definition) is 4. The van der Waals surface area contributed by atoms with Crippen LogP contribution in [0.15, 0.2) is 23.3 Å². The van der Waals surface area contributed by atoms with Gasteiger partial charge in [-0.3, -0.25) is 25.0 Å². The molecule has 0 spiro atoms. The van der Waals surface area contributed by atoms with Crippen molar-refractivity contribution in [1.82, 2.24) is 15.2 Å². The van der Waals surface area contributed by atoms with Crippen LogP contribution in [0.1, 0.15) is 49.8 Å². The molecule has 2 saturated carbocycles. The maximum atomic E-state index is 13.5. The Morgan fingerprint density at radius 1 is 1.30 bits per heavy atom. The summed E-state index contributed by atoms with van der Waals surface area (Å²) in [4.78, 5) is 47.4. The fourth-order valence-corrected chi connectivity index (χ4v) is 5.65. The lowest BCUT2D eigenvalue weighted by Crippen LogP contribution is -2.50. The van der Waals surface area contributed by atoms with Crippen LogP contribution in [-0.2, 0) is 20.9 Å². The number of hydrogen-bond acceptors (Lipinski definition) is 6. The van der Waals surface area contributed by atoms with E-state index >= 15 is 0 Å². The number of carbonyl (C=O) groups excluding carboxylic acids is 2. The summed E-state index contributed by atoms with van der Waals surface area (Å²) >= 11 is 0. The van der Waals surface area contributed by atoms with E-state index in [2.05, 4.69) is 15.3 Å². The lowest BCUT2D eigenvalue weighted by molar-refractivity contribution is -0.140. The van der Waals surface area contributed by atoms with Crippen LogP contribution in [0, 0.1) is 23.2 Å². The van der Waals surface area contributed by atoms with Gasteiger partial charge >= 0.3 is 5.97 Å². The summed E-state index contributed by atoms with van der Waals surface area (Å²) in [6.45, 7) is 0.710. The van der Waals surface area contributed by atoms with Crippen LogP contribution >= 0.6 is 0 Å². The average molecular weight is 455 g/mol. The molecule has 10 heteroatoms. The van der Waals surface area contributed by atoms with Crippen molar-refractivity contribution in [2.45, 2.75) is 57.2 Å². The standard InChI is InChI=1S/C23H30N6O4/c24-21(25)17-6-4-14(10-26-17)11-28-22(32)18-2-1-7-29(18)23(33)20(27-12-19(30)31)16-9-13-3-5-15(16)8-13/h4,6,10,12-13,15-16,18,20H,1-3,5,7-9,11H2,(H3,24,25)(H,28,32)(H,30,31)/t13?,15?,16?,18-,20?/m0/s1. The molecular weight excluding hydrogens is 424 g/mol. The van der Waals surface area contributed by atoms with E-state index in [-0.39, 0.29) is 30.1 Å². The minimum absolute atomic E-state index is 0.0435. The number of aliphatic imine (C=N–C) groups is 1. The van der Waals surface area contributed by atoms with Gasteiger partial charge in [0.05, 0.1) is 0 Å². The second-order valence-corrected chi connectivity index (χ2v) is 9.27. The molecule has 2 amide bonds. The molecule has 2 bridgehead atoms. The Morgan fingerprint density at radius 2 is 2.12 bits per heavy atom. The van der Waals surface area contributed by atoms with Gasteiger partial charge in [0.25, 0.3) is 0 Å². The zero-order chi connectivity index (χ0) is 23.5. The lowest BCUT2D eigenvalue weighted by Gasteiger charge is -2.32. The Kier molecular flexibility index (Phi) is 6.71. The number of nitrogens with two attached hydrogens (primary N) is 1. The fraction of sp³-hybridized carbons (Fsp3) is 0.565. The first kappa shape index (κ1) is 22.9. The van der Waals surface area contributed by atoms with Gasteiger partial charge in [-0.05, 0) is 61.5 Å². The molecule has 1 saturated heterocycles. The van der Waals surface area contributed by atoms with E-state index in [0.29, 0.717) is 36.9 Å². The van der Waals surface area contributed by atoms with Gasteiger partial charge in [-0.2, -0.15) is 0 Å². The molecule has 4 rings (SSSR count). The first-order valence-corrected chi connectivity index (χ1v) is 11.5. The number of carboxylic acid groups (broad SMARTS) is 1. The van der Waals surface area contributed by atoms with Crippen LogP contribution in [0.2, 0.25) is 0 Å². The molecule has 0 aromatic carbocycles. The van der Waals surface area contributed by atoms with Crippen molar-refractivity contribution in [1.29, 1.82) is 5.41 Å². The van der Waals surface area contributed by atoms with E-state index in [1.165, 1.54) is 6.42 Å². The molecule has 4 unspecified atom stereocenters. The first-order valence-electron chi connectivity index (χ1n) is 11.5. The van der Waals surface area contributed by atoms with Gasteiger partial charge in [0.15, 0.2) is 0 Å². The molecule has 176 valence electrons. The number of aromatic nitrogens is 1. The summed E-state index contributed by atoms with van der Waals surface area (Å²) in [6, 6.07) is 2.03. The summed E-state index contributed by atoms with van der Waals surface area (Å²) in [5.74, 6) is -0.744. The molecule has 3 aliphatic rings. The Hall–Kier alpha value is -3.30. The third-order valence-corrected chi connectivity index (χ3v) is 7.20. The number of pyridine rings is 1. The van der Waals surface area contributed by atoms with Crippen molar-refractivity contribution < 1.29 is 19.5 Å². The Bertz CT molecular complexity index is 962. The molecule has 2 aliphatic carbocycles. The van der Waals surface area contributed by atoms with E-state index in [1.54, 1.807) is 23.2 Å². The van der Waals surface area contributed by atoms with Crippen LogP contribution in [-0.4, -0.2) is 63.5 Å². The third-order valence-electron chi connectivity index (χ3n) is 7.20. The zero-order valence-corrected chi connectivity index (χ0v) is 18.4. The van der Waals surface area contributed by atoms with Crippen molar-refractivity contribution >= 4 is 29.8 Å². The van der Waals surface area contributed by atoms with E-state index in [9.17, 15) is 14.4 Å². The molecule has 5 N–H and O–H groups in total. The van der Waals surface area contributed by atoms with Crippen LogP contribution in [0.4, 0.5) is 0 Å². The number of nitrogen functional groups attached to an aromatic ring is 1. The van der Waals surface area contributed by atoms with E-state index in [4.69, 9.17) is 16.2 Å². The van der Waals surface area contributed by atoms with E-state index in [1.807, 2.05) is 0 Å². The molecule has 10 nitrogen and oxygen atoms in total. The highest BCUT2D eigenvalue weighted by atomic mass is 16.4. The summed E-state index contributed by atoms with van der Waals surface area (Å²) < 4.78 is 0. The number of likely N-dealkylation sites (tertiary alicyclic amines) is 1. The van der Waals surface area contributed by atoms with Gasteiger partial charge < -0.3 is 21.1 Å². The normalized spacial score (nSPS) is 27.1. The number of nitrogens with one attached hydrogen (secondary N) is 2. The Morgan fingerprint density at radius 3 is 2.73 bits per heavy atom. The third kappa shape index (κ3) is 5.04. The topological polar surface area (TPSA) is 162 Å². The molecule has 2 heterocycles. The summed E-state index contributed by atoms with van der Waals surface area (Å²) in [6.07, 6.45) is 7.86.